The second-order valence-corrected chi connectivity index (χ2v) is 6.56. The van der Waals surface area contributed by atoms with E-state index >= 15 is 0 Å². The van der Waals surface area contributed by atoms with Crippen LogP contribution in [0.4, 0.5) is 0 Å². The number of benzene rings is 2. The molecule has 0 saturated carbocycles. The molecule has 1 unspecified atom stereocenters. The van der Waals surface area contributed by atoms with E-state index in [1.165, 1.54) is 0 Å². The minimum absolute atomic E-state index is 0.236. The van der Waals surface area contributed by atoms with E-state index in [0.29, 0.717) is 22.7 Å². The van der Waals surface area contributed by atoms with Crippen LogP contribution in [0.25, 0.3) is 0 Å². The van der Waals surface area contributed by atoms with Gasteiger partial charge in [0, 0.05) is 11.8 Å². The van der Waals surface area contributed by atoms with Gasteiger partial charge in [0.15, 0.2) is 6.04 Å². The molecule has 2 aromatic carbocycles. The van der Waals surface area contributed by atoms with E-state index in [1.807, 2.05) is 24.3 Å². The van der Waals surface area contributed by atoms with Gasteiger partial charge in [0.05, 0.1) is 24.4 Å². The fraction of sp³-hybridized carbons (Fsp3) is 0.190. The molecular formula is C21H20ClN3O3. The van der Waals surface area contributed by atoms with Crippen LogP contribution in [0.2, 0.25) is 5.02 Å². The molecule has 1 amide bonds. The zero-order valence-corrected chi connectivity index (χ0v) is 16.1. The number of hydrogen-bond acceptors (Lipinski definition) is 4. The van der Waals surface area contributed by atoms with Crippen LogP contribution in [0.1, 0.15) is 34.5 Å². The predicted octanol–water partition coefficient (Wildman–Crippen LogP) is 3.62. The van der Waals surface area contributed by atoms with Gasteiger partial charge in [-0.3, -0.25) is 9.48 Å². The summed E-state index contributed by atoms with van der Waals surface area (Å²) in [6, 6.07) is 15.3. The molecule has 1 heterocycles. The summed E-state index contributed by atoms with van der Waals surface area (Å²) in [5.41, 5.74) is 2.00. The average Bonchev–Trinajstić information content (AvgIpc) is 3.11. The summed E-state index contributed by atoms with van der Waals surface area (Å²) in [6.45, 7) is 2.45. The Hall–Kier alpha value is -3.12. The number of hydrogen-bond donors (Lipinski definition) is 1. The molecule has 0 aliphatic rings. The summed E-state index contributed by atoms with van der Waals surface area (Å²) in [5.74, 6) is -0.855. The molecule has 144 valence electrons. The molecule has 0 fully saturated rings. The number of carbonyl (C=O) groups excluding carboxylic acids is 2. The molecule has 28 heavy (non-hydrogen) atoms. The van der Waals surface area contributed by atoms with Gasteiger partial charge in [0.1, 0.15) is 0 Å². The molecule has 0 aliphatic heterocycles. The largest absolute Gasteiger partial charge is 0.464 e. The van der Waals surface area contributed by atoms with E-state index in [2.05, 4.69) is 10.4 Å². The van der Waals surface area contributed by atoms with Crippen LogP contribution in [0.5, 0.6) is 0 Å². The minimum Gasteiger partial charge on any atom is -0.464 e. The summed E-state index contributed by atoms with van der Waals surface area (Å²) in [7, 11) is 0. The molecule has 0 radical (unpaired) electrons. The molecule has 1 N–H and O–H groups in total. The third kappa shape index (κ3) is 4.98. The van der Waals surface area contributed by atoms with Gasteiger partial charge in [-0.1, -0.05) is 54.1 Å². The maximum atomic E-state index is 12.8. The highest BCUT2D eigenvalue weighted by Gasteiger charge is 2.24. The fourth-order valence-electron chi connectivity index (χ4n) is 2.79. The first kappa shape index (κ1) is 19.6. The van der Waals surface area contributed by atoms with Crippen molar-refractivity contribution in [2.45, 2.75) is 19.5 Å². The molecule has 3 rings (SSSR count). The maximum absolute atomic E-state index is 12.8. The van der Waals surface area contributed by atoms with Gasteiger partial charge in [0.25, 0.3) is 5.91 Å². The van der Waals surface area contributed by atoms with E-state index in [9.17, 15) is 9.59 Å². The number of amides is 1. The van der Waals surface area contributed by atoms with Gasteiger partial charge in [0.2, 0.25) is 0 Å². The molecular weight excluding hydrogens is 378 g/mol. The molecule has 1 aromatic heterocycles. The van der Waals surface area contributed by atoms with Crippen molar-refractivity contribution in [2.24, 2.45) is 0 Å². The fourth-order valence-corrected chi connectivity index (χ4v) is 2.94. The van der Waals surface area contributed by atoms with E-state index < -0.39 is 12.0 Å². The quantitative estimate of drug-likeness (QED) is 0.618. The molecule has 0 spiro atoms. The average molecular weight is 398 g/mol. The van der Waals surface area contributed by atoms with Crippen LogP contribution in [-0.4, -0.2) is 28.3 Å². The van der Waals surface area contributed by atoms with Gasteiger partial charge < -0.3 is 10.1 Å². The first-order chi connectivity index (χ1) is 13.6. The lowest BCUT2D eigenvalue weighted by molar-refractivity contribution is -0.145. The lowest BCUT2D eigenvalue weighted by atomic mass is 10.1. The minimum atomic E-state index is -0.873. The zero-order valence-electron chi connectivity index (χ0n) is 15.3. The monoisotopic (exact) mass is 397 g/mol. The summed E-state index contributed by atoms with van der Waals surface area (Å²) >= 11 is 5.89. The predicted molar refractivity (Wildman–Crippen MR) is 106 cm³/mol. The number of carbonyl (C=O) groups is 2. The third-order valence-corrected chi connectivity index (χ3v) is 4.26. The summed E-state index contributed by atoms with van der Waals surface area (Å²) in [4.78, 5) is 25.1. The van der Waals surface area contributed by atoms with Gasteiger partial charge >= 0.3 is 5.97 Å². The Morgan fingerprint density at radius 3 is 2.64 bits per heavy atom. The van der Waals surface area contributed by atoms with E-state index in [-0.39, 0.29) is 12.5 Å². The first-order valence-electron chi connectivity index (χ1n) is 8.86. The first-order valence-corrected chi connectivity index (χ1v) is 9.24. The lowest BCUT2D eigenvalue weighted by Crippen LogP contribution is -2.35. The highest BCUT2D eigenvalue weighted by molar-refractivity contribution is 6.30. The van der Waals surface area contributed by atoms with Crippen molar-refractivity contribution in [3.8, 4) is 0 Å². The van der Waals surface area contributed by atoms with Gasteiger partial charge in [-0.25, -0.2) is 4.79 Å². The smallest absolute Gasteiger partial charge is 0.333 e. The Bertz CT molecular complexity index is 956. The Labute approximate surface area is 168 Å². The van der Waals surface area contributed by atoms with Crippen molar-refractivity contribution >= 4 is 23.5 Å². The molecule has 7 heteroatoms. The molecule has 3 aromatic rings. The highest BCUT2D eigenvalue weighted by atomic mass is 35.5. The van der Waals surface area contributed by atoms with Crippen molar-refractivity contribution < 1.29 is 14.3 Å². The number of nitrogens with zero attached hydrogens (tertiary/aromatic N) is 2. The van der Waals surface area contributed by atoms with E-state index in [4.69, 9.17) is 16.3 Å². The third-order valence-electron chi connectivity index (χ3n) is 4.07. The second kappa shape index (κ2) is 9.19. The van der Waals surface area contributed by atoms with Crippen LogP contribution in [0.15, 0.2) is 67.0 Å². The van der Waals surface area contributed by atoms with Crippen molar-refractivity contribution in [3.63, 3.8) is 0 Å². The van der Waals surface area contributed by atoms with Crippen molar-refractivity contribution in [2.75, 3.05) is 6.61 Å². The number of ether oxygens (including phenoxy) is 1. The van der Waals surface area contributed by atoms with Gasteiger partial charge in [-0.15, -0.1) is 0 Å². The van der Waals surface area contributed by atoms with Crippen LogP contribution in [-0.2, 0) is 16.1 Å². The second-order valence-electron chi connectivity index (χ2n) is 6.13. The topological polar surface area (TPSA) is 73.2 Å². The summed E-state index contributed by atoms with van der Waals surface area (Å²) < 4.78 is 6.81. The number of nitrogens with one attached hydrogen (secondary N) is 1. The molecule has 6 nitrogen and oxygen atoms in total. The van der Waals surface area contributed by atoms with Gasteiger partial charge in [-0.2, -0.15) is 5.10 Å². The van der Waals surface area contributed by atoms with Crippen LogP contribution in [0.3, 0.4) is 0 Å². The summed E-state index contributed by atoms with van der Waals surface area (Å²) in [6.07, 6.45) is 3.27. The Balaban J connectivity index is 1.78. The zero-order chi connectivity index (χ0) is 19.9. The standard InChI is InChI=1S/C21H20ClN3O3/c1-2-28-21(27)19(16-8-4-3-5-9-16)24-20(26)17-10-6-7-15(11-17)13-25-14-18(22)12-23-25/h3-12,14,19H,2,13H2,1H3,(H,24,26). The Morgan fingerprint density at radius 2 is 1.96 bits per heavy atom. The Kier molecular flexibility index (Phi) is 6.45. The van der Waals surface area contributed by atoms with Crippen molar-refractivity contribution in [1.29, 1.82) is 0 Å². The van der Waals surface area contributed by atoms with Crippen molar-refractivity contribution in [3.05, 3.63) is 88.7 Å². The maximum Gasteiger partial charge on any atom is 0.333 e. The molecule has 1 atom stereocenters. The normalized spacial score (nSPS) is 11.6. The molecule has 0 saturated heterocycles. The van der Waals surface area contributed by atoms with E-state index in [1.54, 1.807) is 54.3 Å². The highest BCUT2D eigenvalue weighted by Crippen LogP contribution is 2.16. The van der Waals surface area contributed by atoms with Crippen LogP contribution < -0.4 is 5.32 Å². The Morgan fingerprint density at radius 1 is 1.18 bits per heavy atom. The lowest BCUT2D eigenvalue weighted by Gasteiger charge is -2.18. The SMILES string of the molecule is CCOC(=O)C(NC(=O)c1cccc(Cn2cc(Cl)cn2)c1)c1ccccc1. The summed E-state index contributed by atoms with van der Waals surface area (Å²) in [5, 5.41) is 7.46. The number of aromatic nitrogens is 2. The van der Waals surface area contributed by atoms with Crippen LogP contribution >= 0.6 is 11.6 Å². The molecule has 0 aliphatic carbocycles. The van der Waals surface area contributed by atoms with Crippen molar-refractivity contribution in [1.82, 2.24) is 15.1 Å². The van der Waals surface area contributed by atoms with E-state index in [0.717, 1.165) is 5.56 Å². The number of esters is 1. The molecule has 0 bridgehead atoms. The van der Waals surface area contributed by atoms with Gasteiger partial charge in [-0.05, 0) is 30.2 Å². The number of halogens is 1. The van der Waals surface area contributed by atoms with Crippen LogP contribution in [0, 0.1) is 0 Å². The number of rotatable bonds is 7.